The molecule has 0 spiro atoms. The van der Waals surface area contributed by atoms with Gasteiger partial charge in [-0.1, -0.05) is 18.9 Å². The van der Waals surface area contributed by atoms with Gasteiger partial charge >= 0.3 is 0 Å². The maximum Gasteiger partial charge on any atom is 0.223 e. The molecule has 0 saturated heterocycles. The molecule has 2 aromatic rings. The standard InChI is InChI=1S/C14H18N4O2/c19-13(9-14(20)6-2-3-7-14)15-10-12-17-16-11-5-1-4-8-18(11)12/h1,4-5,8,20H,2-3,6-7,9-10H2,(H,15,19). The van der Waals surface area contributed by atoms with Gasteiger partial charge in [-0.2, -0.15) is 0 Å². The predicted molar refractivity (Wildman–Crippen MR) is 72.9 cm³/mol. The van der Waals surface area contributed by atoms with Gasteiger partial charge in [-0.05, 0) is 25.0 Å². The van der Waals surface area contributed by atoms with Crippen LogP contribution in [0.1, 0.15) is 37.9 Å². The zero-order valence-electron chi connectivity index (χ0n) is 11.2. The second kappa shape index (κ2) is 5.20. The van der Waals surface area contributed by atoms with Crippen LogP contribution in [-0.4, -0.2) is 31.2 Å². The van der Waals surface area contributed by atoms with Crippen molar-refractivity contribution in [2.75, 3.05) is 0 Å². The van der Waals surface area contributed by atoms with Crippen molar-refractivity contribution in [3.05, 3.63) is 30.2 Å². The number of nitrogens with zero attached hydrogens (tertiary/aromatic N) is 3. The molecule has 3 rings (SSSR count). The lowest BCUT2D eigenvalue weighted by molar-refractivity contribution is -0.126. The van der Waals surface area contributed by atoms with Crippen LogP contribution >= 0.6 is 0 Å². The molecule has 0 bridgehead atoms. The summed E-state index contributed by atoms with van der Waals surface area (Å²) in [5.74, 6) is 0.550. The van der Waals surface area contributed by atoms with E-state index in [0.717, 1.165) is 18.5 Å². The number of carbonyl (C=O) groups is 1. The number of hydrogen-bond donors (Lipinski definition) is 2. The molecule has 6 nitrogen and oxygen atoms in total. The molecule has 1 fully saturated rings. The Kier molecular flexibility index (Phi) is 3.40. The van der Waals surface area contributed by atoms with Crippen LogP contribution in [0, 0.1) is 0 Å². The first-order valence-electron chi connectivity index (χ1n) is 6.94. The Morgan fingerprint density at radius 1 is 1.35 bits per heavy atom. The lowest BCUT2D eigenvalue weighted by Gasteiger charge is -2.20. The Hall–Kier alpha value is -1.95. The maximum atomic E-state index is 11.9. The minimum atomic E-state index is -0.809. The summed E-state index contributed by atoms with van der Waals surface area (Å²) in [6.45, 7) is 0.320. The third-order valence-electron chi connectivity index (χ3n) is 3.85. The highest BCUT2D eigenvalue weighted by atomic mass is 16.3. The van der Waals surface area contributed by atoms with E-state index in [9.17, 15) is 9.90 Å². The van der Waals surface area contributed by atoms with E-state index in [1.54, 1.807) is 0 Å². The van der Waals surface area contributed by atoms with Gasteiger partial charge in [0.25, 0.3) is 0 Å². The quantitative estimate of drug-likeness (QED) is 0.873. The van der Waals surface area contributed by atoms with Crippen molar-refractivity contribution < 1.29 is 9.90 Å². The second-order valence-electron chi connectivity index (χ2n) is 5.43. The monoisotopic (exact) mass is 274 g/mol. The summed E-state index contributed by atoms with van der Waals surface area (Å²) in [5.41, 5.74) is -0.0528. The average Bonchev–Trinajstić information content (AvgIpc) is 3.03. The number of aliphatic hydroxyl groups is 1. The SMILES string of the molecule is O=C(CC1(O)CCCC1)NCc1nnc2ccccn12. The van der Waals surface area contributed by atoms with E-state index in [4.69, 9.17) is 0 Å². The van der Waals surface area contributed by atoms with Gasteiger partial charge in [-0.15, -0.1) is 10.2 Å². The highest BCUT2D eigenvalue weighted by Gasteiger charge is 2.33. The zero-order valence-corrected chi connectivity index (χ0v) is 11.2. The number of pyridine rings is 1. The first-order valence-corrected chi connectivity index (χ1v) is 6.94. The molecule has 106 valence electrons. The lowest BCUT2D eigenvalue weighted by atomic mass is 9.98. The number of aromatic nitrogens is 3. The van der Waals surface area contributed by atoms with Crippen molar-refractivity contribution >= 4 is 11.6 Å². The van der Waals surface area contributed by atoms with Gasteiger partial charge in [0.05, 0.1) is 18.6 Å². The fourth-order valence-corrected chi connectivity index (χ4v) is 2.76. The van der Waals surface area contributed by atoms with E-state index in [1.165, 1.54) is 0 Å². The van der Waals surface area contributed by atoms with Gasteiger partial charge in [0.2, 0.25) is 5.91 Å². The summed E-state index contributed by atoms with van der Waals surface area (Å²) < 4.78 is 1.84. The molecule has 0 aromatic carbocycles. The summed E-state index contributed by atoms with van der Waals surface area (Å²) in [6, 6.07) is 5.64. The Labute approximate surface area is 116 Å². The van der Waals surface area contributed by atoms with E-state index in [1.807, 2.05) is 28.8 Å². The Bertz CT molecular complexity index is 616. The number of amides is 1. The Morgan fingerprint density at radius 2 is 2.15 bits per heavy atom. The highest BCUT2D eigenvalue weighted by molar-refractivity contribution is 5.77. The minimum absolute atomic E-state index is 0.137. The third-order valence-corrected chi connectivity index (χ3v) is 3.85. The van der Waals surface area contributed by atoms with Gasteiger partial charge < -0.3 is 10.4 Å². The lowest BCUT2D eigenvalue weighted by Crippen LogP contribution is -2.34. The van der Waals surface area contributed by atoms with Crippen LogP contribution in [0.4, 0.5) is 0 Å². The van der Waals surface area contributed by atoms with Crippen LogP contribution in [0.3, 0.4) is 0 Å². The molecule has 0 aliphatic heterocycles. The average molecular weight is 274 g/mol. The molecule has 1 saturated carbocycles. The molecule has 20 heavy (non-hydrogen) atoms. The summed E-state index contributed by atoms with van der Waals surface area (Å²) in [4.78, 5) is 11.9. The number of hydrogen-bond acceptors (Lipinski definition) is 4. The van der Waals surface area contributed by atoms with Crippen LogP contribution in [0.15, 0.2) is 24.4 Å². The smallest absolute Gasteiger partial charge is 0.223 e. The van der Waals surface area contributed by atoms with Gasteiger partial charge in [-0.25, -0.2) is 0 Å². The molecule has 1 aliphatic carbocycles. The molecule has 0 atom stereocenters. The molecule has 0 radical (unpaired) electrons. The van der Waals surface area contributed by atoms with Crippen LogP contribution in [-0.2, 0) is 11.3 Å². The molecule has 6 heteroatoms. The Morgan fingerprint density at radius 3 is 2.95 bits per heavy atom. The first kappa shape index (κ1) is 13.1. The molecular weight excluding hydrogens is 256 g/mol. The summed E-state index contributed by atoms with van der Waals surface area (Å²) in [7, 11) is 0. The number of carbonyl (C=O) groups excluding carboxylic acids is 1. The Balaban J connectivity index is 1.60. The highest BCUT2D eigenvalue weighted by Crippen LogP contribution is 2.32. The van der Waals surface area contributed by atoms with Crippen molar-refractivity contribution in [3.8, 4) is 0 Å². The van der Waals surface area contributed by atoms with Crippen molar-refractivity contribution in [2.24, 2.45) is 0 Å². The number of nitrogens with one attached hydrogen (secondary N) is 1. The van der Waals surface area contributed by atoms with Crippen LogP contribution < -0.4 is 5.32 Å². The largest absolute Gasteiger partial charge is 0.389 e. The van der Waals surface area contributed by atoms with Gasteiger partial charge in [0.1, 0.15) is 0 Å². The van der Waals surface area contributed by atoms with E-state index in [2.05, 4.69) is 15.5 Å². The van der Waals surface area contributed by atoms with Crippen LogP contribution in [0.5, 0.6) is 0 Å². The number of rotatable bonds is 4. The second-order valence-corrected chi connectivity index (χ2v) is 5.43. The maximum absolute atomic E-state index is 11.9. The van der Waals surface area contributed by atoms with Gasteiger partial charge in [-0.3, -0.25) is 9.20 Å². The molecular formula is C14H18N4O2. The first-order chi connectivity index (χ1) is 9.66. The predicted octanol–water partition coefficient (Wildman–Crippen LogP) is 1.04. The van der Waals surface area contributed by atoms with E-state index >= 15 is 0 Å². The zero-order chi connectivity index (χ0) is 14.0. The van der Waals surface area contributed by atoms with E-state index in [0.29, 0.717) is 25.2 Å². The van der Waals surface area contributed by atoms with Crippen molar-refractivity contribution in [1.82, 2.24) is 19.9 Å². The van der Waals surface area contributed by atoms with Crippen LogP contribution in [0.2, 0.25) is 0 Å². The molecule has 2 aromatic heterocycles. The number of fused-ring (bicyclic) bond motifs is 1. The summed E-state index contributed by atoms with van der Waals surface area (Å²) >= 11 is 0. The van der Waals surface area contributed by atoms with Gasteiger partial charge in [0, 0.05) is 6.20 Å². The van der Waals surface area contributed by atoms with Crippen molar-refractivity contribution in [2.45, 2.75) is 44.2 Å². The van der Waals surface area contributed by atoms with E-state index in [-0.39, 0.29) is 12.3 Å². The third kappa shape index (κ3) is 2.65. The van der Waals surface area contributed by atoms with Crippen LogP contribution in [0.25, 0.3) is 5.65 Å². The summed E-state index contributed by atoms with van der Waals surface area (Å²) in [5, 5.41) is 21.1. The molecule has 2 N–H and O–H groups in total. The van der Waals surface area contributed by atoms with E-state index < -0.39 is 5.60 Å². The normalized spacial score (nSPS) is 17.4. The molecule has 1 aliphatic rings. The molecule has 1 amide bonds. The molecule has 2 heterocycles. The van der Waals surface area contributed by atoms with Crippen molar-refractivity contribution in [3.63, 3.8) is 0 Å². The van der Waals surface area contributed by atoms with Crippen molar-refractivity contribution in [1.29, 1.82) is 0 Å². The molecule has 0 unspecified atom stereocenters. The fourth-order valence-electron chi connectivity index (χ4n) is 2.76. The van der Waals surface area contributed by atoms with Gasteiger partial charge in [0.15, 0.2) is 11.5 Å². The minimum Gasteiger partial charge on any atom is -0.389 e. The topological polar surface area (TPSA) is 79.5 Å². The summed E-state index contributed by atoms with van der Waals surface area (Å²) in [6.07, 6.45) is 5.46. The fraction of sp³-hybridized carbons (Fsp3) is 0.500.